The summed E-state index contributed by atoms with van der Waals surface area (Å²) < 4.78 is 34.4. The monoisotopic (exact) mass is 1470 g/mol. The van der Waals surface area contributed by atoms with E-state index in [0.29, 0.717) is 12.8 Å². The van der Waals surface area contributed by atoms with Crippen molar-refractivity contribution >= 4 is 5.91 Å². The first kappa shape index (κ1) is 94.7. The van der Waals surface area contributed by atoms with Crippen molar-refractivity contribution in [2.45, 2.75) is 394 Å². The van der Waals surface area contributed by atoms with Crippen LogP contribution in [0.15, 0.2) is 109 Å². The highest BCUT2D eigenvalue weighted by Gasteiger charge is 2.54. The van der Waals surface area contributed by atoms with Gasteiger partial charge in [0.2, 0.25) is 5.91 Å². The highest BCUT2D eigenvalue weighted by molar-refractivity contribution is 5.76. The van der Waals surface area contributed by atoms with Crippen molar-refractivity contribution in [3.8, 4) is 0 Å². The number of rotatable bonds is 64. The molecule has 0 saturated carbocycles. The van der Waals surface area contributed by atoms with Crippen molar-refractivity contribution in [2.24, 2.45) is 0 Å². The number of aliphatic hydroxyl groups excluding tert-OH is 11. The summed E-state index contributed by atoms with van der Waals surface area (Å²) in [4.78, 5) is 13.5. The highest BCUT2D eigenvalue weighted by atomic mass is 16.8. The number of nitrogens with one attached hydrogen (secondary N) is 1. The van der Waals surface area contributed by atoms with E-state index in [0.717, 1.165) is 109 Å². The molecule has 3 rings (SSSR count). The lowest BCUT2D eigenvalue weighted by atomic mass is 9.96. The van der Waals surface area contributed by atoms with Gasteiger partial charge in [0.1, 0.15) is 73.2 Å². The summed E-state index contributed by atoms with van der Waals surface area (Å²) in [6, 6.07) is -1.01. The predicted molar refractivity (Wildman–Crippen MR) is 415 cm³/mol. The van der Waals surface area contributed by atoms with Crippen LogP contribution >= 0.6 is 0 Å². The van der Waals surface area contributed by atoms with Crippen LogP contribution in [0.3, 0.4) is 0 Å². The quantitative estimate of drug-likeness (QED) is 0.0199. The van der Waals surface area contributed by atoms with Gasteiger partial charge in [0, 0.05) is 6.42 Å². The highest BCUT2D eigenvalue weighted by Crippen LogP contribution is 2.33. The summed E-state index contributed by atoms with van der Waals surface area (Å²) in [7, 11) is 0. The summed E-state index contributed by atoms with van der Waals surface area (Å²) in [5, 5.41) is 121. The summed E-state index contributed by atoms with van der Waals surface area (Å²) in [6.07, 6.45) is 62.2. The number of allylic oxidation sites excluding steroid dienone is 17. The maximum absolute atomic E-state index is 13.5. The molecule has 17 unspecified atom stereocenters. The Morgan fingerprint density at radius 1 is 0.356 bits per heavy atom. The third-order valence-electron chi connectivity index (χ3n) is 19.8. The Labute approximate surface area is 627 Å². The summed E-state index contributed by atoms with van der Waals surface area (Å²) >= 11 is 0. The van der Waals surface area contributed by atoms with Crippen LogP contribution in [-0.4, -0.2) is 193 Å². The van der Waals surface area contributed by atoms with Crippen LogP contribution in [0.25, 0.3) is 0 Å². The first-order valence-electron chi connectivity index (χ1n) is 41.1. The van der Waals surface area contributed by atoms with Crippen molar-refractivity contribution in [1.82, 2.24) is 5.32 Å². The molecule has 0 aliphatic carbocycles. The lowest BCUT2D eigenvalue weighted by Crippen LogP contribution is -2.66. The van der Waals surface area contributed by atoms with Gasteiger partial charge in [-0.2, -0.15) is 0 Å². The molecule has 0 aromatic rings. The molecule has 0 aromatic carbocycles. The van der Waals surface area contributed by atoms with Gasteiger partial charge in [-0.05, 0) is 89.9 Å². The largest absolute Gasteiger partial charge is 0.394 e. The summed E-state index contributed by atoms with van der Waals surface area (Å²) in [5.41, 5.74) is 0. The van der Waals surface area contributed by atoms with Gasteiger partial charge in [0.25, 0.3) is 0 Å². The minimum absolute atomic E-state index is 0.216. The molecule has 0 spiro atoms. The molecule has 3 fully saturated rings. The van der Waals surface area contributed by atoms with Gasteiger partial charge in [0.05, 0.1) is 38.6 Å². The number of aliphatic hydroxyl groups is 11. The van der Waals surface area contributed by atoms with Crippen LogP contribution < -0.4 is 5.32 Å². The van der Waals surface area contributed by atoms with Crippen LogP contribution in [0.5, 0.6) is 0 Å². The first-order valence-corrected chi connectivity index (χ1v) is 41.1. The van der Waals surface area contributed by atoms with Gasteiger partial charge < -0.3 is 89.9 Å². The molecule has 3 saturated heterocycles. The molecular weight excluding hydrogens is 1320 g/mol. The third-order valence-corrected chi connectivity index (χ3v) is 19.8. The molecule has 12 N–H and O–H groups in total. The molecule has 19 heteroatoms. The topological polar surface area (TPSA) is 307 Å². The maximum Gasteiger partial charge on any atom is 0.220 e. The minimum atomic E-state index is -1.99. The third kappa shape index (κ3) is 43.6. The van der Waals surface area contributed by atoms with E-state index < -0.39 is 124 Å². The Kier molecular flexibility index (Phi) is 58.5. The zero-order valence-electron chi connectivity index (χ0n) is 64.2. The van der Waals surface area contributed by atoms with E-state index >= 15 is 0 Å². The average Bonchev–Trinajstić information content (AvgIpc) is 0.781. The van der Waals surface area contributed by atoms with E-state index in [1.807, 2.05) is 6.08 Å². The fourth-order valence-electron chi connectivity index (χ4n) is 13.2. The second-order valence-electron chi connectivity index (χ2n) is 28.8. The molecular formula is C85H147NO18. The first-order chi connectivity index (χ1) is 50.8. The standard InChI is InChI=1S/C85H147NO18/c1-3-5-7-9-11-13-15-17-19-21-23-25-27-29-31-33-35-36-38-40-42-44-46-48-50-52-54-56-58-60-62-69(90)68(86-73(91)63-61-59-57-55-53-51-49-47-45-43-41-39-37-34-32-30-28-26-24-22-20-18-16-14-12-10-8-6-4-2)67-99-83-79(97)76(94)81(71(65-88)101-83)104-85-80(98)77(95)82(72(66-89)102-85)103-84-78(96)75(93)74(92)70(64-87)100-84/h6,8,12,14,18,20,24,26,30,32,37,39,43,45,52,54,60,62,68-72,74-85,87-90,92-98H,3-5,7,9-11,13,15-17,19,21-23,25,27-29,31,33-36,38,40-42,44,46-51,53,55-59,61,63-67H2,1-2H3,(H,86,91)/b8-6-,14-12-,20-18-,26-24-,32-30-,39-37-,45-43-,54-52+,62-60+. The molecule has 3 aliphatic rings. The average molecular weight is 1470 g/mol. The lowest BCUT2D eigenvalue weighted by Gasteiger charge is -2.48. The molecule has 3 aliphatic heterocycles. The molecule has 0 bridgehead atoms. The molecule has 600 valence electrons. The summed E-state index contributed by atoms with van der Waals surface area (Å²) in [6.45, 7) is 1.61. The zero-order chi connectivity index (χ0) is 75.3. The van der Waals surface area contributed by atoms with Crippen LogP contribution in [-0.2, 0) is 33.2 Å². The van der Waals surface area contributed by atoms with E-state index in [2.05, 4.69) is 116 Å². The smallest absolute Gasteiger partial charge is 0.220 e. The van der Waals surface area contributed by atoms with Crippen LogP contribution in [0.2, 0.25) is 0 Å². The van der Waals surface area contributed by atoms with E-state index in [1.165, 1.54) is 148 Å². The molecule has 104 heavy (non-hydrogen) atoms. The number of hydrogen-bond acceptors (Lipinski definition) is 18. The maximum atomic E-state index is 13.5. The van der Waals surface area contributed by atoms with E-state index in [9.17, 15) is 61.0 Å². The second-order valence-corrected chi connectivity index (χ2v) is 28.8. The molecule has 3 heterocycles. The predicted octanol–water partition coefficient (Wildman–Crippen LogP) is 14.1. The summed E-state index contributed by atoms with van der Waals surface area (Å²) in [5.74, 6) is -0.299. The van der Waals surface area contributed by atoms with Crippen molar-refractivity contribution in [2.75, 3.05) is 26.4 Å². The molecule has 0 radical (unpaired) electrons. The van der Waals surface area contributed by atoms with Crippen molar-refractivity contribution < 1.29 is 89.4 Å². The van der Waals surface area contributed by atoms with Crippen LogP contribution in [0, 0.1) is 0 Å². The number of carbonyl (C=O) groups is 1. The van der Waals surface area contributed by atoms with Gasteiger partial charge in [-0.1, -0.05) is 303 Å². The zero-order valence-corrected chi connectivity index (χ0v) is 64.2. The minimum Gasteiger partial charge on any atom is -0.394 e. The Hall–Kier alpha value is -3.55. The Bertz CT molecular complexity index is 2300. The van der Waals surface area contributed by atoms with Gasteiger partial charge in [-0.15, -0.1) is 0 Å². The second kappa shape index (κ2) is 64.3. The number of ether oxygens (including phenoxy) is 6. The van der Waals surface area contributed by atoms with E-state index in [-0.39, 0.29) is 18.9 Å². The molecule has 17 atom stereocenters. The SMILES string of the molecule is CC/C=C\C/C=C\C/C=C\C/C=C\C/C=C\C/C=C\C/C=C\CCCCCCCCCC(=O)NC(COC1OC(CO)C(OC2OC(CO)C(OC3OC(CO)C(O)C(O)C3O)C(O)C2O)C(O)C1O)C(O)/C=C/CC/C=C/CCCCCCCCCCCCCCCCCCCCCCCCCC. The Balaban J connectivity index is 1.39. The number of carbonyl (C=O) groups excluding carboxylic acids is 1. The Morgan fingerprint density at radius 2 is 0.673 bits per heavy atom. The van der Waals surface area contributed by atoms with E-state index in [4.69, 9.17) is 28.4 Å². The van der Waals surface area contributed by atoms with Gasteiger partial charge in [0.15, 0.2) is 18.9 Å². The molecule has 1 amide bonds. The number of amides is 1. The van der Waals surface area contributed by atoms with Crippen LogP contribution in [0.1, 0.15) is 290 Å². The molecule has 19 nitrogen and oxygen atoms in total. The van der Waals surface area contributed by atoms with Gasteiger partial charge >= 0.3 is 0 Å². The molecule has 0 aromatic heterocycles. The van der Waals surface area contributed by atoms with E-state index in [1.54, 1.807) is 6.08 Å². The van der Waals surface area contributed by atoms with Crippen LogP contribution in [0.4, 0.5) is 0 Å². The lowest BCUT2D eigenvalue weighted by molar-refractivity contribution is -0.379. The number of hydrogen-bond donors (Lipinski definition) is 12. The fraction of sp³-hybridized carbons (Fsp3) is 0.776. The van der Waals surface area contributed by atoms with Gasteiger partial charge in [-0.25, -0.2) is 0 Å². The van der Waals surface area contributed by atoms with Crippen molar-refractivity contribution in [1.29, 1.82) is 0 Å². The Morgan fingerprint density at radius 3 is 1.08 bits per heavy atom. The van der Waals surface area contributed by atoms with Crippen molar-refractivity contribution in [3.63, 3.8) is 0 Å². The van der Waals surface area contributed by atoms with Crippen molar-refractivity contribution in [3.05, 3.63) is 109 Å². The normalized spacial score (nSPS) is 26.5. The fourth-order valence-corrected chi connectivity index (χ4v) is 13.2. The number of unbranched alkanes of at least 4 members (excludes halogenated alkanes) is 32. The van der Waals surface area contributed by atoms with Gasteiger partial charge in [-0.3, -0.25) is 4.79 Å².